The monoisotopic (exact) mass is 343 g/mol. The number of nitrogens with one attached hydrogen (secondary N) is 1. The fraction of sp³-hybridized carbons (Fsp3) is 0.263. The van der Waals surface area contributed by atoms with Crippen molar-refractivity contribution in [2.24, 2.45) is 0 Å². The number of aryl methyl sites for hydroxylation is 1. The van der Waals surface area contributed by atoms with Gasteiger partial charge in [0.15, 0.2) is 17.3 Å². The lowest BCUT2D eigenvalue weighted by atomic mass is 10.1. The van der Waals surface area contributed by atoms with E-state index < -0.39 is 0 Å². The molecule has 0 saturated heterocycles. The van der Waals surface area contributed by atoms with Crippen molar-refractivity contribution in [3.05, 3.63) is 53.1 Å². The van der Waals surface area contributed by atoms with Crippen molar-refractivity contribution in [2.75, 3.05) is 27.9 Å². The lowest BCUT2D eigenvalue weighted by molar-refractivity contribution is 0.0904. The van der Waals surface area contributed by atoms with Crippen LogP contribution in [0.5, 0.6) is 17.2 Å². The van der Waals surface area contributed by atoms with Gasteiger partial charge in [-0.15, -0.1) is 0 Å². The zero-order valence-corrected chi connectivity index (χ0v) is 14.7. The summed E-state index contributed by atoms with van der Waals surface area (Å²) in [5.74, 6) is 1.05. The van der Waals surface area contributed by atoms with E-state index >= 15 is 0 Å². The predicted octanol–water partition coefficient (Wildman–Crippen LogP) is 2.63. The fourth-order valence-corrected chi connectivity index (χ4v) is 2.34. The molecule has 0 bridgehead atoms. The first-order valence-electron chi connectivity index (χ1n) is 7.68. The highest BCUT2D eigenvalue weighted by Crippen LogP contribution is 2.27. The number of hydrogen-bond acceptors (Lipinski definition) is 5. The van der Waals surface area contributed by atoms with Crippen LogP contribution in [0.4, 0.5) is 0 Å². The number of Topliss-reactive ketones (excluding diaryl/α,β-unsaturated/α-hetero) is 1. The van der Waals surface area contributed by atoms with Gasteiger partial charge in [-0.2, -0.15) is 0 Å². The molecule has 0 fully saturated rings. The summed E-state index contributed by atoms with van der Waals surface area (Å²) in [6, 6.07) is 10.00. The molecule has 25 heavy (non-hydrogen) atoms. The Morgan fingerprint density at radius 1 is 0.840 bits per heavy atom. The molecule has 2 rings (SSSR count). The third-order valence-corrected chi connectivity index (χ3v) is 3.79. The summed E-state index contributed by atoms with van der Waals surface area (Å²) >= 11 is 0. The maximum atomic E-state index is 12.3. The molecule has 0 aliphatic rings. The molecule has 0 radical (unpaired) electrons. The van der Waals surface area contributed by atoms with Gasteiger partial charge in [0.25, 0.3) is 5.91 Å². The molecular weight excluding hydrogens is 322 g/mol. The molecule has 0 saturated carbocycles. The highest BCUT2D eigenvalue weighted by Gasteiger charge is 2.13. The minimum Gasteiger partial charge on any atom is -0.496 e. The molecule has 0 heterocycles. The van der Waals surface area contributed by atoms with Crippen LogP contribution in [0.15, 0.2) is 36.4 Å². The van der Waals surface area contributed by atoms with Crippen LogP contribution in [-0.4, -0.2) is 39.6 Å². The van der Waals surface area contributed by atoms with Gasteiger partial charge < -0.3 is 19.5 Å². The quantitative estimate of drug-likeness (QED) is 0.782. The van der Waals surface area contributed by atoms with Gasteiger partial charge in [-0.3, -0.25) is 9.59 Å². The standard InChI is InChI=1S/C19H21NO5/c1-12-5-6-14(10-17(12)24-3)19(22)20-11-15(21)13-7-8-16(23-2)18(9-13)25-4/h5-10H,11H2,1-4H3,(H,20,22). The van der Waals surface area contributed by atoms with E-state index in [0.29, 0.717) is 28.4 Å². The van der Waals surface area contributed by atoms with Crippen molar-refractivity contribution in [3.8, 4) is 17.2 Å². The van der Waals surface area contributed by atoms with E-state index in [4.69, 9.17) is 14.2 Å². The lowest BCUT2D eigenvalue weighted by Gasteiger charge is -2.10. The summed E-state index contributed by atoms with van der Waals surface area (Å²) in [4.78, 5) is 24.5. The molecule has 2 aromatic rings. The predicted molar refractivity (Wildman–Crippen MR) is 93.9 cm³/mol. The molecular formula is C19H21NO5. The van der Waals surface area contributed by atoms with Gasteiger partial charge >= 0.3 is 0 Å². The number of carbonyl (C=O) groups excluding carboxylic acids is 2. The Balaban J connectivity index is 2.05. The second-order valence-corrected chi connectivity index (χ2v) is 5.36. The number of benzene rings is 2. The summed E-state index contributed by atoms with van der Waals surface area (Å²) in [5, 5.41) is 2.62. The summed E-state index contributed by atoms with van der Waals surface area (Å²) in [6.07, 6.45) is 0. The third kappa shape index (κ3) is 4.29. The normalized spacial score (nSPS) is 10.1. The first-order chi connectivity index (χ1) is 12.0. The Kier molecular flexibility index (Phi) is 6.00. The van der Waals surface area contributed by atoms with Crippen molar-refractivity contribution in [1.82, 2.24) is 5.32 Å². The molecule has 6 heteroatoms. The summed E-state index contributed by atoms with van der Waals surface area (Å²) < 4.78 is 15.5. The van der Waals surface area contributed by atoms with E-state index in [1.165, 1.54) is 14.2 Å². The minimum atomic E-state index is -0.341. The minimum absolute atomic E-state index is 0.121. The zero-order valence-electron chi connectivity index (χ0n) is 14.7. The Labute approximate surface area is 146 Å². The van der Waals surface area contributed by atoms with Crippen LogP contribution in [0.1, 0.15) is 26.3 Å². The van der Waals surface area contributed by atoms with Crippen molar-refractivity contribution >= 4 is 11.7 Å². The Hall–Kier alpha value is -3.02. The number of rotatable bonds is 7. The van der Waals surface area contributed by atoms with Crippen LogP contribution in [0.25, 0.3) is 0 Å². The zero-order chi connectivity index (χ0) is 18.4. The van der Waals surface area contributed by atoms with Crippen LogP contribution in [-0.2, 0) is 0 Å². The maximum absolute atomic E-state index is 12.3. The van der Waals surface area contributed by atoms with Crippen LogP contribution in [0.2, 0.25) is 0 Å². The highest BCUT2D eigenvalue weighted by molar-refractivity contribution is 6.02. The Morgan fingerprint density at radius 3 is 2.08 bits per heavy atom. The molecule has 1 N–H and O–H groups in total. The Morgan fingerprint density at radius 2 is 1.44 bits per heavy atom. The molecule has 0 aliphatic carbocycles. The van der Waals surface area contributed by atoms with E-state index in [9.17, 15) is 9.59 Å². The van der Waals surface area contributed by atoms with Gasteiger partial charge in [0.05, 0.1) is 27.9 Å². The average molecular weight is 343 g/mol. The number of amides is 1. The summed E-state index contributed by atoms with van der Waals surface area (Å²) in [5.41, 5.74) is 1.79. The van der Waals surface area contributed by atoms with Gasteiger partial charge in [-0.25, -0.2) is 0 Å². The van der Waals surface area contributed by atoms with Crippen molar-refractivity contribution in [1.29, 1.82) is 0 Å². The molecule has 0 atom stereocenters. The molecule has 132 valence electrons. The largest absolute Gasteiger partial charge is 0.496 e. The van der Waals surface area contributed by atoms with Gasteiger partial charge in [0.1, 0.15) is 5.75 Å². The van der Waals surface area contributed by atoms with Gasteiger partial charge in [-0.05, 0) is 42.8 Å². The Bertz CT molecular complexity index is 785. The molecule has 0 spiro atoms. The fourth-order valence-electron chi connectivity index (χ4n) is 2.34. The molecule has 0 unspecified atom stereocenters. The number of hydrogen-bond donors (Lipinski definition) is 1. The SMILES string of the molecule is COc1cc(C(=O)NCC(=O)c2ccc(OC)c(OC)c2)ccc1C. The van der Waals surface area contributed by atoms with Gasteiger partial charge in [0, 0.05) is 11.1 Å². The van der Waals surface area contributed by atoms with Crippen molar-refractivity contribution in [2.45, 2.75) is 6.92 Å². The number of ether oxygens (including phenoxy) is 3. The molecule has 1 amide bonds. The van der Waals surface area contributed by atoms with E-state index in [0.717, 1.165) is 5.56 Å². The van der Waals surface area contributed by atoms with E-state index in [2.05, 4.69) is 5.32 Å². The summed E-state index contributed by atoms with van der Waals surface area (Å²) in [7, 11) is 4.57. The van der Waals surface area contributed by atoms with Crippen LogP contribution >= 0.6 is 0 Å². The number of ketones is 1. The average Bonchev–Trinajstić information content (AvgIpc) is 2.65. The molecule has 0 aromatic heterocycles. The molecule has 0 aliphatic heterocycles. The highest BCUT2D eigenvalue weighted by atomic mass is 16.5. The van der Waals surface area contributed by atoms with E-state index in [-0.39, 0.29) is 18.2 Å². The third-order valence-electron chi connectivity index (χ3n) is 3.79. The van der Waals surface area contributed by atoms with Gasteiger partial charge in [0.2, 0.25) is 0 Å². The second kappa shape index (κ2) is 8.19. The number of carbonyl (C=O) groups is 2. The lowest BCUT2D eigenvalue weighted by Crippen LogP contribution is -2.29. The molecule has 2 aromatic carbocycles. The van der Waals surface area contributed by atoms with Gasteiger partial charge in [-0.1, -0.05) is 6.07 Å². The van der Waals surface area contributed by atoms with Crippen LogP contribution in [0.3, 0.4) is 0 Å². The maximum Gasteiger partial charge on any atom is 0.251 e. The van der Waals surface area contributed by atoms with Crippen molar-refractivity contribution < 1.29 is 23.8 Å². The second-order valence-electron chi connectivity index (χ2n) is 5.36. The smallest absolute Gasteiger partial charge is 0.251 e. The van der Waals surface area contributed by atoms with E-state index in [1.807, 2.05) is 6.92 Å². The number of methoxy groups -OCH3 is 3. The summed E-state index contributed by atoms with van der Waals surface area (Å²) in [6.45, 7) is 1.77. The van der Waals surface area contributed by atoms with Crippen LogP contribution < -0.4 is 19.5 Å². The van der Waals surface area contributed by atoms with Crippen molar-refractivity contribution in [3.63, 3.8) is 0 Å². The van der Waals surface area contributed by atoms with E-state index in [1.54, 1.807) is 43.5 Å². The topological polar surface area (TPSA) is 73.9 Å². The first kappa shape index (κ1) is 18.3. The first-order valence-corrected chi connectivity index (χ1v) is 7.68. The van der Waals surface area contributed by atoms with Crippen LogP contribution in [0, 0.1) is 6.92 Å². The molecule has 6 nitrogen and oxygen atoms in total.